The molecule has 2 aromatic rings. The minimum atomic E-state index is -0.202. The molecule has 0 aliphatic carbocycles. The second kappa shape index (κ2) is 6.02. The first-order valence-electron chi connectivity index (χ1n) is 7.26. The van der Waals surface area contributed by atoms with Gasteiger partial charge in [-0.1, -0.05) is 47.6 Å². The molecule has 1 N–H and O–H groups in total. The van der Waals surface area contributed by atoms with E-state index in [-0.39, 0.29) is 11.8 Å². The van der Waals surface area contributed by atoms with Crippen molar-refractivity contribution in [2.45, 2.75) is 19.3 Å². The molecule has 0 saturated carbocycles. The molecule has 1 unspecified atom stereocenters. The lowest BCUT2D eigenvalue weighted by Crippen LogP contribution is -2.22. The number of hydrogen-bond donors (Lipinski definition) is 1. The van der Waals surface area contributed by atoms with E-state index >= 15 is 0 Å². The smallest absolute Gasteiger partial charge is 0.273 e. The van der Waals surface area contributed by atoms with Gasteiger partial charge in [0.2, 0.25) is 0 Å². The number of anilines is 1. The molecule has 1 heterocycles. The predicted molar refractivity (Wildman–Crippen MR) is 87.2 cm³/mol. The van der Waals surface area contributed by atoms with Gasteiger partial charge >= 0.3 is 0 Å². The van der Waals surface area contributed by atoms with Crippen molar-refractivity contribution in [3.8, 4) is 0 Å². The molecular weight excluding hydrogens is 276 g/mol. The van der Waals surface area contributed by atoms with Gasteiger partial charge in [-0.05, 0) is 29.7 Å². The molecule has 2 aromatic carbocycles. The van der Waals surface area contributed by atoms with E-state index in [1.165, 1.54) is 7.11 Å². The Morgan fingerprint density at radius 3 is 2.68 bits per heavy atom. The summed E-state index contributed by atoms with van der Waals surface area (Å²) in [6.45, 7) is 2.01. The summed E-state index contributed by atoms with van der Waals surface area (Å²) >= 11 is 0. The number of rotatable bonds is 2. The Hall–Kier alpha value is -2.62. The summed E-state index contributed by atoms with van der Waals surface area (Å²) in [6.07, 6.45) is 0.514. The summed E-state index contributed by atoms with van der Waals surface area (Å²) in [5, 5.41) is 6.86. The fourth-order valence-corrected chi connectivity index (χ4v) is 2.84. The summed E-state index contributed by atoms with van der Waals surface area (Å²) in [5.74, 6) is -0.128. The lowest BCUT2D eigenvalue weighted by Gasteiger charge is -2.17. The zero-order valence-electron chi connectivity index (χ0n) is 12.7. The number of oxime groups is 1. The average molecular weight is 294 g/mol. The van der Waals surface area contributed by atoms with Crippen LogP contribution in [0.1, 0.15) is 29.0 Å². The molecule has 0 radical (unpaired) electrons. The normalized spacial score (nSPS) is 19.3. The van der Waals surface area contributed by atoms with E-state index in [0.717, 1.165) is 22.4 Å². The number of amides is 1. The van der Waals surface area contributed by atoms with Gasteiger partial charge in [0.05, 0.1) is 0 Å². The van der Waals surface area contributed by atoms with Gasteiger partial charge < -0.3 is 10.2 Å². The number of nitrogens with zero attached hydrogens (tertiary/aromatic N) is 1. The molecule has 1 amide bonds. The zero-order valence-corrected chi connectivity index (χ0v) is 12.7. The number of hydrogen-bond acceptors (Lipinski definition) is 3. The molecule has 4 nitrogen and oxygen atoms in total. The highest BCUT2D eigenvalue weighted by atomic mass is 16.6. The molecule has 1 atom stereocenters. The van der Waals surface area contributed by atoms with E-state index < -0.39 is 0 Å². The summed E-state index contributed by atoms with van der Waals surface area (Å²) in [4.78, 5) is 17.2. The Bertz CT molecular complexity index is 723. The summed E-state index contributed by atoms with van der Waals surface area (Å²) in [7, 11) is 1.46. The Labute approximate surface area is 129 Å². The minimum absolute atomic E-state index is 0.0737. The van der Waals surface area contributed by atoms with Gasteiger partial charge in [-0.15, -0.1) is 0 Å². The van der Waals surface area contributed by atoms with Gasteiger partial charge in [-0.3, -0.25) is 4.79 Å². The number of nitrogens with one attached hydrogen (secondary N) is 1. The van der Waals surface area contributed by atoms with Crippen molar-refractivity contribution in [1.29, 1.82) is 0 Å². The molecule has 112 valence electrons. The molecule has 22 heavy (non-hydrogen) atoms. The number of fused-ring (bicyclic) bond motifs is 1. The average Bonchev–Trinajstić information content (AvgIpc) is 2.65. The highest BCUT2D eigenvalue weighted by molar-refractivity contribution is 6.43. The fraction of sp³-hybridized carbons (Fsp3) is 0.222. The van der Waals surface area contributed by atoms with Crippen LogP contribution < -0.4 is 5.32 Å². The van der Waals surface area contributed by atoms with E-state index in [9.17, 15) is 4.79 Å². The topological polar surface area (TPSA) is 50.7 Å². The molecule has 0 aromatic heterocycles. The maximum Gasteiger partial charge on any atom is 0.273 e. The fourth-order valence-electron chi connectivity index (χ4n) is 2.84. The number of benzene rings is 2. The molecule has 0 fully saturated rings. The highest BCUT2D eigenvalue weighted by Crippen LogP contribution is 2.36. The standard InChI is InChI=1S/C18H18N2O2/c1-12-8-9-14-15(13-6-4-3-5-7-13)11-17(20-22-2)18(21)19-16(14)10-12/h3-10,15H,11H2,1-2H3,(H,19,21). The van der Waals surface area contributed by atoms with Gasteiger partial charge in [0.15, 0.2) is 0 Å². The quantitative estimate of drug-likeness (QED) is 0.862. The number of carbonyl (C=O) groups excluding carboxylic acids is 1. The second-order valence-electron chi connectivity index (χ2n) is 5.43. The predicted octanol–water partition coefficient (Wildman–Crippen LogP) is 3.47. The third kappa shape index (κ3) is 2.72. The van der Waals surface area contributed by atoms with Crippen molar-refractivity contribution in [2.24, 2.45) is 5.16 Å². The van der Waals surface area contributed by atoms with Gasteiger partial charge in [0.1, 0.15) is 12.8 Å². The van der Waals surface area contributed by atoms with Crippen LogP contribution in [0.2, 0.25) is 0 Å². The van der Waals surface area contributed by atoms with E-state index in [1.54, 1.807) is 0 Å². The van der Waals surface area contributed by atoms with E-state index in [4.69, 9.17) is 4.84 Å². The van der Waals surface area contributed by atoms with Crippen molar-refractivity contribution in [1.82, 2.24) is 0 Å². The Kier molecular flexibility index (Phi) is 3.92. The van der Waals surface area contributed by atoms with Crippen molar-refractivity contribution in [2.75, 3.05) is 12.4 Å². The molecule has 0 saturated heterocycles. The first-order valence-corrected chi connectivity index (χ1v) is 7.26. The number of carbonyl (C=O) groups is 1. The summed E-state index contributed by atoms with van der Waals surface area (Å²) < 4.78 is 0. The Morgan fingerprint density at radius 2 is 1.95 bits per heavy atom. The van der Waals surface area contributed by atoms with Crippen molar-refractivity contribution in [3.63, 3.8) is 0 Å². The van der Waals surface area contributed by atoms with Crippen LogP contribution in [0.25, 0.3) is 0 Å². The molecule has 1 aliphatic rings. The highest BCUT2D eigenvalue weighted by Gasteiger charge is 2.28. The first kappa shape index (κ1) is 14.3. The van der Waals surface area contributed by atoms with E-state index in [2.05, 4.69) is 34.7 Å². The first-order chi connectivity index (χ1) is 10.7. The maximum atomic E-state index is 12.3. The second-order valence-corrected chi connectivity index (χ2v) is 5.43. The monoisotopic (exact) mass is 294 g/mol. The van der Waals surface area contributed by atoms with Gasteiger partial charge in [-0.25, -0.2) is 0 Å². The van der Waals surface area contributed by atoms with Gasteiger partial charge in [0, 0.05) is 18.0 Å². The third-order valence-electron chi connectivity index (χ3n) is 3.90. The van der Waals surface area contributed by atoms with E-state index in [0.29, 0.717) is 12.1 Å². The summed E-state index contributed by atoms with van der Waals surface area (Å²) in [6, 6.07) is 16.3. The number of aryl methyl sites for hydroxylation is 1. The minimum Gasteiger partial charge on any atom is -0.399 e. The molecule has 4 heteroatoms. The molecule has 1 aliphatic heterocycles. The van der Waals surface area contributed by atoms with Crippen LogP contribution in [0.15, 0.2) is 53.7 Å². The van der Waals surface area contributed by atoms with Gasteiger partial charge in [-0.2, -0.15) is 0 Å². The third-order valence-corrected chi connectivity index (χ3v) is 3.90. The largest absolute Gasteiger partial charge is 0.399 e. The molecular formula is C18H18N2O2. The lowest BCUT2D eigenvalue weighted by atomic mass is 9.86. The van der Waals surface area contributed by atoms with Crippen LogP contribution in [0, 0.1) is 6.92 Å². The van der Waals surface area contributed by atoms with E-state index in [1.807, 2.05) is 31.2 Å². The molecule has 0 bridgehead atoms. The van der Waals surface area contributed by atoms with Crippen LogP contribution in [-0.2, 0) is 9.63 Å². The van der Waals surface area contributed by atoms with Crippen LogP contribution in [0.4, 0.5) is 5.69 Å². The van der Waals surface area contributed by atoms with Crippen molar-refractivity contribution in [3.05, 3.63) is 65.2 Å². The lowest BCUT2D eigenvalue weighted by molar-refractivity contribution is -0.110. The Balaban J connectivity index is 2.14. The van der Waals surface area contributed by atoms with Crippen LogP contribution in [0.5, 0.6) is 0 Å². The van der Waals surface area contributed by atoms with Crippen molar-refractivity contribution >= 4 is 17.3 Å². The summed E-state index contributed by atoms with van der Waals surface area (Å²) in [5.41, 5.74) is 4.63. The SMILES string of the molecule is CON=C1CC(c2ccccc2)c2ccc(C)cc2NC1=O. The molecule has 3 rings (SSSR count). The maximum absolute atomic E-state index is 12.3. The van der Waals surface area contributed by atoms with Crippen LogP contribution in [0.3, 0.4) is 0 Å². The zero-order chi connectivity index (χ0) is 15.5. The van der Waals surface area contributed by atoms with Crippen LogP contribution in [-0.4, -0.2) is 18.7 Å². The van der Waals surface area contributed by atoms with Gasteiger partial charge in [0.25, 0.3) is 5.91 Å². The van der Waals surface area contributed by atoms with Crippen LogP contribution >= 0.6 is 0 Å². The Morgan fingerprint density at radius 1 is 1.18 bits per heavy atom. The van der Waals surface area contributed by atoms with Crippen molar-refractivity contribution < 1.29 is 9.63 Å². The molecule has 0 spiro atoms.